The summed E-state index contributed by atoms with van der Waals surface area (Å²) in [4.78, 5) is 3.98. The van der Waals surface area contributed by atoms with Gasteiger partial charge in [-0.05, 0) is 5.56 Å². The average Bonchev–Trinajstić information content (AvgIpc) is 2.91. The Balaban J connectivity index is 1.99. The normalized spacial score (nSPS) is 11.4. The predicted molar refractivity (Wildman–Crippen MR) is 81.0 cm³/mol. The zero-order valence-corrected chi connectivity index (χ0v) is 12.7. The maximum atomic E-state index is 12.0. The van der Waals surface area contributed by atoms with E-state index in [1.54, 1.807) is 24.3 Å². The Labute approximate surface area is 127 Å². The van der Waals surface area contributed by atoms with Crippen LogP contribution >= 0.6 is 12.2 Å². The molecule has 0 radical (unpaired) electrons. The van der Waals surface area contributed by atoms with Crippen molar-refractivity contribution in [2.75, 3.05) is 6.54 Å². The van der Waals surface area contributed by atoms with Crippen molar-refractivity contribution in [3.05, 3.63) is 47.6 Å². The lowest BCUT2D eigenvalue weighted by Crippen LogP contribution is -2.28. The Morgan fingerprint density at radius 2 is 2.14 bits per heavy atom. The van der Waals surface area contributed by atoms with Gasteiger partial charge in [0.2, 0.25) is 16.4 Å². The van der Waals surface area contributed by atoms with Gasteiger partial charge in [-0.1, -0.05) is 41.6 Å². The Bertz CT molecular complexity index is 714. The SMILES string of the molecule is NC(=S)c1ccccc1CS(=O)(=O)NCCc1ncon1. The van der Waals surface area contributed by atoms with E-state index in [4.69, 9.17) is 18.0 Å². The molecule has 21 heavy (non-hydrogen) atoms. The molecule has 2 rings (SSSR count). The zero-order chi connectivity index (χ0) is 15.3. The highest BCUT2D eigenvalue weighted by Gasteiger charge is 2.15. The lowest BCUT2D eigenvalue weighted by atomic mass is 10.1. The molecule has 0 spiro atoms. The summed E-state index contributed by atoms with van der Waals surface area (Å²) in [7, 11) is -3.50. The first-order valence-electron chi connectivity index (χ1n) is 6.08. The molecule has 0 aliphatic carbocycles. The minimum Gasteiger partial charge on any atom is -0.389 e. The van der Waals surface area contributed by atoms with Gasteiger partial charge in [-0.2, -0.15) is 4.98 Å². The number of benzene rings is 1. The molecular formula is C12H14N4O3S2. The summed E-state index contributed by atoms with van der Waals surface area (Å²) in [6.07, 6.45) is 1.55. The predicted octanol–water partition coefficient (Wildman–Crippen LogP) is 0.366. The fraction of sp³-hybridized carbons (Fsp3) is 0.250. The summed E-state index contributed by atoms with van der Waals surface area (Å²) >= 11 is 4.92. The molecule has 7 nitrogen and oxygen atoms in total. The minimum atomic E-state index is -3.50. The lowest BCUT2D eigenvalue weighted by molar-refractivity contribution is 0.410. The smallest absolute Gasteiger partial charge is 0.215 e. The number of aromatic nitrogens is 2. The number of nitrogens with two attached hydrogens (primary N) is 1. The summed E-state index contributed by atoms with van der Waals surface area (Å²) in [5.41, 5.74) is 6.72. The van der Waals surface area contributed by atoms with Crippen LogP contribution in [0.3, 0.4) is 0 Å². The highest BCUT2D eigenvalue weighted by molar-refractivity contribution is 7.88. The molecule has 0 saturated carbocycles. The van der Waals surface area contributed by atoms with Crippen molar-refractivity contribution >= 4 is 27.2 Å². The Hall–Kier alpha value is -1.84. The summed E-state index contributed by atoms with van der Waals surface area (Å²) < 4.78 is 31.1. The third-order valence-corrected chi connectivity index (χ3v) is 4.26. The first-order chi connectivity index (χ1) is 9.98. The number of thiocarbonyl (C=S) groups is 1. The van der Waals surface area contributed by atoms with Gasteiger partial charge < -0.3 is 10.3 Å². The molecule has 2 aromatic rings. The standard InChI is InChI=1S/C12H14N4O3S2/c13-12(20)10-4-2-1-3-9(10)7-21(17,18)15-6-5-11-14-8-19-16-11/h1-4,8,15H,5-7H2,(H2,13,20). The molecule has 0 bridgehead atoms. The van der Waals surface area contributed by atoms with Gasteiger partial charge in [0, 0.05) is 18.5 Å². The molecule has 0 amide bonds. The second-order valence-corrected chi connectivity index (χ2v) is 6.52. The Morgan fingerprint density at radius 1 is 1.38 bits per heavy atom. The Morgan fingerprint density at radius 3 is 2.81 bits per heavy atom. The fourth-order valence-corrected chi connectivity index (χ4v) is 3.14. The van der Waals surface area contributed by atoms with E-state index in [-0.39, 0.29) is 17.3 Å². The largest absolute Gasteiger partial charge is 0.389 e. The van der Waals surface area contributed by atoms with Crippen LogP contribution in [-0.4, -0.2) is 30.1 Å². The van der Waals surface area contributed by atoms with E-state index >= 15 is 0 Å². The number of nitrogens with one attached hydrogen (secondary N) is 1. The van der Waals surface area contributed by atoms with E-state index in [9.17, 15) is 8.42 Å². The van der Waals surface area contributed by atoms with E-state index in [1.807, 2.05) is 0 Å². The highest BCUT2D eigenvalue weighted by Crippen LogP contribution is 2.12. The topological polar surface area (TPSA) is 111 Å². The summed E-state index contributed by atoms with van der Waals surface area (Å²) in [5, 5.41) is 3.60. The second kappa shape index (κ2) is 6.74. The molecule has 1 aromatic carbocycles. The van der Waals surface area contributed by atoms with Gasteiger partial charge in [0.05, 0.1) is 5.75 Å². The van der Waals surface area contributed by atoms with Crippen molar-refractivity contribution in [2.45, 2.75) is 12.2 Å². The molecule has 0 saturated heterocycles. The number of hydrogen-bond donors (Lipinski definition) is 2. The minimum absolute atomic E-state index is 0.174. The zero-order valence-electron chi connectivity index (χ0n) is 11.0. The average molecular weight is 326 g/mol. The van der Waals surface area contributed by atoms with Crippen LogP contribution in [0.25, 0.3) is 0 Å². The van der Waals surface area contributed by atoms with Crippen LogP contribution in [0.4, 0.5) is 0 Å². The highest BCUT2D eigenvalue weighted by atomic mass is 32.2. The second-order valence-electron chi connectivity index (χ2n) is 4.27. The quantitative estimate of drug-likeness (QED) is 0.707. The van der Waals surface area contributed by atoms with E-state index < -0.39 is 10.0 Å². The molecule has 0 atom stereocenters. The van der Waals surface area contributed by atoms with Gasteiger partial charge in [-0.3, -0.25) is 0 Å². The Kier molecular flexibility index (Phi) is 4.99. The van der Waals surface area contributed by atoms with Crippen LogP contribution in [0.2, 0.25) is 0 Å². The maximum absolute atomic E-state index is 12.0. The summed E-state index contributed by atoms with van der Waals surface area (Å²) in [6, 6.07) is 6.89. The van der Waals surface area contributed by atoms with Crippen molar-refractivity contribution in [3.63, 3.8) is 0 Å². The molecule has 0 aliphatic rings. The first kappa shape index (κ1) is 15.5. The van der Waals surface area contributed by atoms with Crippen LogP contribution < -0.4 is 10.5 Å². The van der Waals surface area contributed by atoms with Crippen LogP contribution in [0, 0.1) is 0 Å². The number of nitrogens with zero attached hydrogens (tertiary/aromatic N) is 2. The molecule has 0 aliphatic heterocycles. The van der Waals surface area contributed by atoms with E-state index in [1.165, 1.54) is 6.39 Å². The molecule has 3 N–H and O–H groups in total. The van der Waals surface area contributed by atoms with Crippen LogP contribution in [-0.2, 0) is 22.2 Å². The first-order valence-corrected chi connectivity index (χ1v) is 8.14. The van der Waals surface area contributed by atoms with Gasteiger partial charge >= 0.3 is 0 Å². The molecule has 9 heteroatoms. The van der Waals surface area contributed by atoms with Crippen molar-refractivity contribution in [1.82, 2.24) is 14.9 Å². The molecular weight excluding hydrogens is 312 g/mol. The van der Waals surface area contributed by atoms with Gasteiger partial charge in [0.25, 0.3) is 0 Å². The van der Waals surface area contributed by atoms with Gasteiger partial charge in [0.1, 0.15) is 4.99 Å². The van der Waals surface area contributed by atoms with Crippen LogP contribution in [0.15, 0.2) is 35.2 Å². The molecule has 0 fully saturated rings. The van der Waals surface area contributed by atoms with Crippen LogP contribution in [0.5, 0.6) is 0 Å². The number of hydrogen-bond acceptors (Lipinski definition) is 6. The van der Waals surface area contributed by atoms with Crippen molar-refractivity contribution in [2.24, 2.45) is 5.73 Å². The third-order valence-electron chi connectivity index (χ3n) is 2.71. The van der Waals surface area contributed by atoms with E-state index in [2.05, 4.69) is 19.4 Å². The van der Waals surface area contributed by atoms with E-state index in [0.29, 0.717) is 23.4 Å². The van der Waals surface area contributed by atoms with Crippen molar-refractivity contribution in [1.29, 1.82) is 0 Å². The molecule has 1 aromatic heterocycles. The maximum Gasteiger partial charge on any atom is 0.215 e. The fourth-order valence-electron chi connectivity index (χ4n) is 1.76. The molecule has 0 unspecified atom stereocenters. The molecule has 112 valence electrons. The third kappa shape index (κ3) is 4.59. The molecule has 1 heterocycles. The summed E-state index contributed by atoms with van der Waals surface area (Å²) in [6.45, 7) is 0.192. The number of sulfonamides is 1. The van der Waals surface area contributed by atoms with Crippen molar-refractivity contribution in [3.8, 4) is 0 Å². The summed E-state index contributed by atoms with van der Waals surface area (Å²) in [5.74, 6) is 0.258. The van der Waals surface area contributed by atoms with Gasteiger partial charge in [0.15, 0.2) is 5.82 Å². The van der Waals surface area contributed by atoms with Crippen molar-refractivity contribution < 1.29 is 12.9 Å². The lowest BCUT2D eigenvalue weighted by Gasteiger charge is -2.09. The monoisotopic (exact) mass is 326 g/mol. The van der Waals surface area contributed by atoms with Crippen LogP contribution in [0.1, 0.15) is 17.0 Å². The number of rotatable bonds is 7. The van der Waals surface area contributed by atoms with Gasteiger partial charge in [-0.25, -0.2) is 13.1 Å². The van der Waals surface area contributed by atoms with E-state index in [0.717, 1.165) is 0 Å². The van der Waals surface area contributed by atoms with Gasteiger partial charge in [-0.15, -0.1) is 0 Å².